The van der Waals surface area contributed by atoms with E-state index in [2.05, 4.69) is 4.98 Å². The molecule has 1 spiro atoms. The van der Waals surface area contributed by atoms with Crippen molar-refractivity contribution in [2.45, 2.75) is 44.3 Å². The second-order valence-electron chi connectivity index (χ2n) is 7.26. The molecule has 23 heavy (non-hydrogen) atoms. The predicted molar refractivity (Wildman–Crippen MR) is 85.3 cm³/mol. The maximum absolute atomic E-state index is 12.6. The molecule has 3 heterocycles. The Hall–Kier alpha value is -1.46. The molecule has 1 saturated carbocycles. The highest BCUT2D eigenvalue weighted by Gasteiger charge is 2.47. The standard InChI is InChI=1S/C18H24N2O3/c1-13-2-5-15(9-19-13)17(21)20-7-6-18(12-20)8-16(11-23-18)22-10-14-3-4-14/h2,5,9,14,16H,3-4,6-8,10-12H2,1H3/t16-,18-/m1/s1. The fourth-order valence-corrected chi connectivity index (χ4v) is 3.55. The average molecular weight is 316 g/mol. The summed E-state index contributed by atoms with van der Waals surface area (Å²) in [5.41, 5.74) is 1.39. The third-order valence-electron chi connectivity index (χ3n) is 5.20. The third-order valence-corrected chi connectivity index (χ3v) is 5.20. The lowest BCUT2D eigenvalue weighted by Crippen LogP contribution is -2.36. The maximum atomic E-state index is 12.6. The van der Waals surface area contributed by atoms with E-state index in [1.807, 2.05) is 24.0 Å². The molecule has 5 nitrogen and oxygen atoms in total. The number of likely N-dealkylation sites (tertiary alicyclic amines) is 1. The highest BCUT2D eigenvalue weighted by Crippen LogP contribution is 2.38. The summed E-state index contributed by atoms with van der Waals surface area (Å²) in [4.78, 5) is 18.7. The highest BCUT2D eigenvalue weighted by atomic mass is 16.6. The summed E-state index contributed by atoms with van der Waals surface area (Å²) in [6, 6.07) is 3.74. The second kappa shape index (κ2) is 5.87. The molecule has 2 atom stereocenters. The van der Waals surface area contributed by atoms with Crippen molar-refractivity contribution < 1.29 is 14.3 Å². The van der Waals surface area contributed by atoms with Gasteiger partial charge in [-0.1, -0.05) is 0 Å². The smallest absolute Gasteiger partial charge is 0.255 e. The van der Waals surface area contributed by atoms with Crippen molar-refractivity contribution in [3.8, 4) is 0 Å². The van der Waals surface area contributed by atoms with Crippen LogP contribution in [-0.4, -0.2) is 53.8 Å². The number of hydrogen-bond acceptors (Lipinski definition) is 4. The number of carbonyl (C=O) groups is 1. The molecule has 0 aromatic carbocycles. The van der Waals surface area contributed by atoms with Crippen LogP contribution in [0.4, 0.5) is 0 Å². The fraction of sp³-hybridized carbons (Fsp3) is 0.667. The molecule has 1 aliphatic carbocycles. The molecule has 4 rings (SSSR count). The van der Waals surface area contributed by atoms with Crippen LogP contribution in [0.25, 0.3) is 0 Å². The van der Waals surface area contributed by atoms with Crippen LogP contribution in [0.15, 0.2) is 18.3 Å². The van der Waals surface area contributed by atoms with Gasteiger partial charge in [0, 0.05) is 31.5 Å². The van der Waals surface area contributed by atoms with Crippen molar-refractivity contribution in [2.24, 2.45) is 5.92 Å². The Kier molecular flexibility index (Phi) is 3.85. The summed E-state index contributed by atoms with van der Waals surface area (Å²) in [6.07, 6.45) is 6.31. The van der Waals surface area contributed by atoms with E-state index in [1.54, 1.807) is 6.20 Å². The molecule has 0 bridgehead atoms. The summed E-state index contributed by atoms with van der Waals surface area (Å²) in [7, 11) is 0. The van der Waals surface area contributed by atoms with Gasteiger partial charge in [-0.05, 0) is 44.2 Å². The number of nitrogens with zero attached hydrogens (tertiary/aromatic N) is 2. The van der Waals surface area contributed by atoms with Crippen LogP contribution in [0.1, 0.15) is 41.7 Å². The molecule has 2 aliphatic heterocycles. The summed E-state index contributed by atoms with van der Waals surface area (Å²) in [6.45, 7) is 4.89. The lowest BCUT2D eigenvalue weighted by molar-refractivity contribution is 0.00156. The normalized spacial score (nSPS) is 30.3. The van der Waals surface area contributed by atoms with Gasteiger partial charge in [-0.15, -0.1) is 0 Å². The van der Waals surface area contributed by atoms with Gasteiger partial charge in [0.25, 0.3) is 5.91 Å². The lowest BCUT2D eigenvalue weighted by Gasteiger charge is -2.23. The van der Waals surface area contributed by atoms with Crippen LogP contribution < -0.4 is 0 Å². The molecule has 0 unspecified atom stereocenters. The van der Waals surface area contributed by atoms with E-state index in [9.17, 15) is 4.79 Å². The second-order valence-corrected chi connectivity index (χ2v) is 7.26. The molecule has 3 fully saturated rings. The highest BCUT2D eigenvalue weighted by molar-refractivity contribution is 5.94. The quantitative estimate of drug-likeness (QED) is 0.854. The molecule has 5 heteroatoms. The summed E-state index contributed by atoms with van der Waals surface area (Å²) >= 11 is 0. The van der Waals surface area contributed by atoms with Crippen molar-refractivity contribution in [3.05, 3.63) is 29.6 Å². The van der Waals surface area contributed by atoms with E-state index in [1.165, 1.54) is 12.8 Å². The van der Waals surface area contributed by atoms with E-state index in [4.69, 9.17) is 9.47 Å². The van der Waals surface area contributed by atoms with E-state index in [-0.39, 0.29) is 17.6 Å². The number of amides is 1. The van der Waals surface area contributed by atoms with Gasteiger partial charge in [-0.25, -0.2) is 0 Å². The van der Waals surface area contributed by atoms with Gasteiger partial charge >= 0.3 is 0 Å². The van der Waals surface area contributed by atoms with E-state index in [0.29, 0.717) is 18.7 Å². The zero-order valence-corrected chi connectivity index (χ0v) is 13.7. The number of carbonyl (C=O) groups excluding carboxylic acids is 1. The first-order valence-electron chi connectivity index (χ1n) is 8.61. The molecule has 1 aromatic heterocycles. The Morgan fingerprint density at radius 1 is 1.48 bits per heavy atom. The number of rotatable bonds is 4. The monoisotopic (exact) mass is 316 g/mol. The topological polar surface area (TPSA) is 51.7 Å². The van der Waals surface area contributed by atoms with Gasteiger partial charge < -0.3 is 14.4 Å². The Morgan fingerprint density at radius 2 is 2.35 bits per heavy atom. The van der Waals surface area contributed by atoms with Crippen LogP contribution >= 0.6 is 0 Å². The summed E-state index contributed by atoms with van der Waals surface area (Å²) < 4.78 is 12.0. The van der Waals surface area contributed by atoms with Crippen molar-refractivity contribution >= 4 is 5.91 Å². The first kappa shape index (κ1) is 15.1. The zero-order valence-electron chi connectivity index (χ0n) is 13.7. The first-order chi connectivity index (χ1) is 11.1. The van der Waals surface area contributed by atoms with Crippen LogP contribution in [0.2, 0.25) is 0 Å². The van der Waals surface area contributed by atoms with Gasteiger partial charge in [0.1, 0.15) is 0 Å². The van der Waals surface area contributed by atoms with E-state index < -0.39 is 0 Å². The van der Waals surface area contributed by atoms with Gasteiger partial charge in [0.2, 0.25) is 0 Å². The Labute approximate surface area is 137 Å². The number of aryl methyl sites for hydroxylation is 1. The zero-order chi connectivity index (χ0) is 15.9. The largest absolute Gasteiger partial charge is 0.375 e. The molecule has 1 amide bonds. The summed E-state index contributed by atoms with van der Waals surface area (Å²) in [5, 5.41) is 0. The van der Waals surface area contributed by atoms with Crippen molar-refractivity contribution in [2.75, 3.05) is 26.3 Å². The number of pyridine rings is 1. The molecule has 0 N–H and O–H groups in total. The predicted octanol–water partition coefficient (Wildman–Crippen LogP) is 2.19. The summed E-state index contributed by atoms with van der Waals surface area (Å²) in [5.74, 6) is 0.836. The first-order valence-corrected chi connectivity index (χ1v) is 8.61. The van der Waals surface area contributed by atoms with Crippen molar-refractivity contribution in [3.63, 3.8) is 0 Å². The van der Waals surface area contributed by atoms with Crippen LogP contribution in [0.5, 0.6) is 0 Å². The van der Waals surface area contributed by atoms with Gasteiger partial charge in [0.15, 0.2) is 0 Å². The Morgan fingerprint density at radius 3 is 3.09 bits per heavy atom. The lowest BCUT2D eigenvalue weighted by atomic mass is 9.98. The van der Waals surface area contributed by atoms with Gasteiger partial charge in [0.05, 0.1) is 30.4 Å². The number of aromatic nitrogens is 1. The Bertz CT molecular complexity index is 584. The average Bonchev–Trinajstić information content (AvgIpc) is 3.18. The molecular formula is C18H24N2O3. The minimum Gasteiger partial charge on any atom is -0.375 e. The third kappa shape index (κ3) is 3.26. The van der Waals surface area contributed by atoms with E-state index in [0.717, 1.165) is 37.6 Å². The minimum atomic E-state index is -0.192. The van der Waals surface area contributed by atoms with Gasteiger partial charge in [-0.3, -0.25) is 9.78 Å². The number of ether oxygens (including phenoxy) is 2. The van der Waals surface area contributed by atoms with E-state index >= 15 is 0 Å². The van der Waals surface area contributed by atoms with Crippen molar-refractivity contribution in [1.82, 2.24) is 9.88 Å². The molecule has 0 radical (unpaired) electrons. The van der Waals surface area contributed by atoms with Gasteiger partial charge in [-0.2, -0.15) is 0 Å². The fourth-order valence-electron chi connectivity index (χ4n) is 3.55. The molecule has 1 aromatic rings. The maximum Gasteiger partial charge on any atom is 0.255 e. The molecule has 124 valence electrons. The number of hydrogen-bond donors (Lipinski definition) is 0. The molecular weight excluding hydrogens is 292 g/mol. The van der Waals surface area contributed by atoms with Crippen LogP contribution in [-0.2, 0) is 9.47 Å². The molecule has 2 saturated heterocycles. The minimum absolute atomic E-state index is 0.0559. The van der Waals surface area contributed by atoms with Crippen LogP contribution in [0, 0.1) is 12.8 Å². The SMILES string of the molecule is Cc1ccc(C(=O)N2CC[C@@]3(C[C@@H](OCC4CC4)CO3)C2)cn1. The Balaban J connectivity index is 1.35. The van der Waals surface area contributed by atoms with Crippen molar-refractivity contribution in [1.29, 1.82) is 0 Å². The molecule has 3 aliphatic rings. The van der Waals surface area contributed by atoms with Crippen LogP contribution in [0.3, 0.4) is 0 Å².